The Balaban J connectivity index is 1.67. The van der Waals surface area contributed by atoms with Gasteiger partial charge < -0.3 is 25.6 Å². The van der Waals surface area contributed by atoms with E-state index in [4.69, 9.17) is 9.84 Å². The van der Waals surface area contributed by atoms with Gasteiger partial charge in [0.1, 0.15) is 12.1 Å². The zero-order valence-corrected chi connectivity index (χ0v) is 18.1. The van der Waals surface area contributed by atoms with Crippen LogP contribution in [0.4, 0.5) is 4.79 Å². The maximum Gasteiger partial charge on any atom is 0.408 e. The highest BCUT2D eigenvalue weighted by atomic mass is 16.5. The molecule has 0 aliphatic heterocycles. The molecule has 32 heavy (non-hydrogen) atoms. The molecule has 3 rings (SSSR count). The maximum atomic E-state index is 12.7. The molecule has 0 fully saturated rings. The van der Waals surface area contributed by atoms with Gasteiger partial charge in [-0.15, -0.1) is 0 Å². The van der Waals surface area contributed by atoms with Gasteiger partial charge in [-0.2, -0.15) is 0 Å². The predicted molar refractivity (Wildman–Crippen MR) is 118 cm³/mol. The largest absolute Gasteiger partial charge is 0.479 e. The van der Waals surface area contributed by atoms with Crippen LogP contribution in [0.1, 0.15) is 43.7 Å². The number of aliphatic hydroxyl groups excluding tert-OH is 1. The third-order valence-corrected chi connectivity index (χ3v) is 6.07. The van der Waals surface area contributed by atoms with Gasteiger partial charge in [0.15, 0.2) is 6.10 Å². The van der Waals surface area contributed by atoms with E-state index < -0.39 is 36.2 Å². The van der Waals surface area contributed by atoms with E-state index in [1.165, 1.54) is 0 Å². The van der Waals surface area contributed by atoms with Gasteiger partial charge in [0.05, 0.1) is 6.54 Å². The second-order valence-corrected chi connectivity index (χ2v) is 7.80. The van der Waals surface area contributed by atoms with Crippen LogP contribution in [0, 0.1) is 0 Å². The standard InChI is InChI=1S/C24H28N2O6/c1-3-24(4-2,22(30)25-13-20(27)21(28)29)26-23(31)32-14-19-17-11-7-5-9-15(17)16-10-6-8-12-18(16)19/h5-12,19-20,27H,3-4,13-14H2,1-2H3,(H,25,30)(H,26,31)(H,28,29)/t20-/m0/s1. The molecule has 2 aromatic rings. The number of aliphatic carboxylic acids is 1. The van der Waals surface area contributed by atoms with E-state index in [-0.39, 0.29) is 25.4 Å². The highest BCUT2D eigenvalue weighted by Crippen LogP contribution is 2.44. The molecule has 8 heteroatoms. The van der Waals surface area contributed by atoms with Gasteiger partial charge in [0.2, 0.25) is 5.91 Å². The molecule has 8 nitrogen and oxygen atoms in total. The fraction of sp³-hybridized carbons (Fsp3) is 0.375. The monoisotopic (exact) mass is 440 g/mol. The Bertz CT molecular complexity index is 956. The SMILES string of the molecule is CCC(CC)(NC(=O)OCC1c2ccccc2-c2ccccc21)C(=O)NC[C@H](O)C(=O)O. The lowest BCUT2D eigenvalue weighted by molar-refractivity contribution is -0.146. The lowest BCUT2D eigenvalue weighted by Gasteiger charge is -2.31. The smallest absolute Gasteiger partial charge is 0.408 e. The molecule has 4 N–H and O–H groups in total. The van der Waals surface area contributed by atoms with Crippen molar-refractivity contribution in [2.75, 3.05) is 13.2 Å². The summed E-state index contributed by atoms with van der Waals surface area (Å²) in [7, 11) is 0. The molecule has 0 saturated heterocycles. The van der Waals surface area contributed by atoms with Gasteiger partial charge in [0, 0.05) is 5.92 Å². The zero-order valence-electron chi connectivity index (χ0n) is 18.1. The molecule has 0 unspecified atom stereocenters. The van der Waals surface area contributed by atoms with Crippen LogP contribution < -0.4 is 10.6 Å². The van der Waals surface area contributed by atoms with Gasteiger partial charge in [-0.3, -0.25) is 4.79 Å². The number of amides is 2. The second-order valence-electron chi connectivity index (χ2n) is 7.80. The van der Waals surface area contributed by atoms with Gasteiger partial charge in [-0.05, 0) is 35.1 Å². The number of fused-ring (bicyclic) bond motifs is 3. The van der Waals surface area contributed by atoms with E-state index in [1.807, 2.05) is 48.5 Å². The fourth-order valence-electron chi connectivity index (χ4n) is 4.08. The number of hydrogen-bond donors (Lipinski definition) is 4. The molecule has 1 atom stereocenters. The van der Waals surface area contributed by atoms with Crippen molar-refractivity contribution < 1.29 is 29.3 Å². The Morgan fingerprint density at radius 3 is 2.03 bits per heavy atom. The number of carboxylic acid groups (broad SMARTS) is 1. The molecule has 0 aromatic heterocycles. The molecular weight excluding hydrogens is 412 g/mol. The minimum absolute atomic E-state index is 0.106. The number of rotatable bonds is 9. The molecule has 0 heterocycles. The van der Waals surface area contributed by atoms with E-state index in [1.54, 1.807) is 13.8 Å². The summed E-state index contributed by atoms with van der Waals surface area (Å²) < 4.78 is 5.54. The Hall–Kier alpha value is -3.39. The van der Waals surface area contributed by atoms with Crippen LogP contribution in [-0.4, -0.2) is 53.0 Å². The van der Waals surface area contributed by atoms with E-state index in [2.05, 4.69) is 10.6 Å². The molecule has 0 radical (unpaired) electrons. The van der Waals surface area contributed by atoms with Crippen molar-refractivity contribution >= 4 is 18.0 Å². The van der Waals surface area contributed by atoms with E-state index in [0.717, 1.165) is 22.3 Å². The topological polar surface area (TPSA) is 125 Å². The quantitative estimate of drug-likeness (QED) is 0.475. The number of benzene rings is 2. The average Bonchev–Trinajstić information content (AvgIpc) is 3.13. The molecule has 2 aromatic carbocycles. The first-order valence-corrected chi connectivity index (χ1v) is 10.6. The number of aliphatic hydroxyl groups is 1. The van der Waals surface area contributed by atoms with Crippen molar-refractivity contribution in [2.24, 2.45) is 0 Å². The van der Waals surface area contributed by atoms with Crippen LogP contribution in [0.2, 0.25) is 0 Å². The Morgan fingerprint density at radius 2 is 1.53 bits per heavy atom. The first kappa shape index (κ1) is 23.3. The average molecular weight is 440 g/mol. The summed E-state index contributed by atoms with van der Waals surface area (Å²) in [6.45, 7) is 3.13. The number of carboxylic acids is 1. The molecule has 0 saturated carbocycles. The highest BCUT2D eigenvalue weighted by Gasteiger charge is 2.38. The number of hydrogen-bond acceptors (Lipinski definition) is 5. The lowest BCUT2D eigenvalue weighted by atomic mass is 9.91. The van der Waals surface area contributed by atoms with Gasteiger partial charge in [-0.1, -0.05) is 62.4 Å². The van der Waals surface area contributed by atoms with Crippen molar-refractivity contribution in [1.29, 1.82) is 0 Å². The van der Waals surface area contributed by atoms with Crippen LogP contribution >= 0.6 is 0 Å². The molecule has 2 amide bonds. The summed E-state index contributed by atoms with van der Waals surface area (Å²) in [4.78, 5) is 36.1. The van der Waals surface area contributed by atoms with Crippen LogP contribution in [-0.2, 0) is 14.3 Å². The molecule has 1 aliphatic carbocycles. The molecule has 1 aliphatic rings. The van der Waals surface area contributed by atoms with Crippen LogP contribution in [0.5, 0.6) is 0 Å². The summed E-state index contributed by atoms with van der Waals surface area (Å²) >= 11 is 0. The summed E-state index contributed by atoms with van der Waals surface area (Å²) in [5.74, 6) is -2.12. The highest BCUT2D eigenvalue weighted by molar-refractivity contribution is 5.90. The number of carbonyl (C=O) groups is 3. The van der Waals surface area contributed by atoms with Crippen LogP contribution in [0.25, 0.3) is 11.1 Å². The maximum absolute atomic E-state index is 12.7. The second kappa shape index (κ2) is 9.82. The molecule has 0 spiro atoms. The molecule has 170 valence electrons. The summed E-state index contributed by atoms with van der Waals surface area (Å²) in [5, 5.41) is 23.2. The first-order chi connectivity index (χ1) is 15.3. The summed E-state index contributed by atoms with van der Waals surface area (Å²) in [6.07, 6.45) is -1.92. The van der Waals surface area contributed by atoms with E-state index >= 15 is 0 Å². The van der Waals surface area contributed by atoms with Gasteiger partial charge in [-0.25, -0.2) is 9.59 Å². The van der Waals surface area contributed by atoms with Crippen LogP contribution in [0.15, 0.2) is 48.5 Å². The van der Waals surface area contributed by atoms with Gasteiger partial charge >= 0.3 is 12.1 Å². The number of nitrogens with one attached hydrogen (secondary N) is 2. The normalized spacial score (nSPS) is 13.6. The van der Waals surface area contributed by atoms with Crippen molar-refractivity contribution in [1.82, 2.24) is 10.6 Å². The third kappa shape index (κ3) is 4.60. The summed E-state index contributed by atoms with van der Waals surface area (Å²) in [5.41, 5.74) is 3.12. The molecular formula is C24H28N2O6. The Labute approximate surface area is 186 Å². The number of alkyl carbamates (subject to hydrolysis) is 1. The van der Waals surface area contributed by atoms with Crippen molar-refractivity contribution in [3.8, 4) is 11.1 Å². The van der Waals surface area contributed by atoms with Crippen molar-refractivity contribution in [3.05, 3.63) is 59.7 Å². The molecule has 0 bridgehead atoms. The van der Waals surface area contributed by atoms with E-state index in [0.29, 0.717) is 0 Å². The lowest BCUT2D eigenvalue weighted by Crippen LogP contribution is -2.59. The first-order valence-electron chi connectivity index (χ1n) is 10.6. The minimum Gasteiger partial charge on any atom is -0.479 e. The predicted octanol–water partition coefficient (Wildman–Crippen LogP) is 2.65. The Morgan fingerprint density at radius 1 is 1.00 bits per heavy atom. The minimum atomic E-state index is -1.72. The fourth-order valence-corrected chi connectivity index (χ4v) is 4.08. The van der Waals surface area contributed by atoms with Crippen molar-refractivity contribution in [2.45, 2.75) is 44.2 Å². The number of ether oxygens (including phenoxy) is 1. The summed E-state index contributed by atoms with van der Waals surface area (Å²) in [6, 6.07) is 16.0. The van der Waals surface area contributed by atoms with Crippen molar-refractivity contribution in [3.63, 3.8) is 0 Å². The van der Waals surface area contributed by atoms with Gasteiger partial charge in [0.25, 0.3) is 0 Å². The number of carbonyl (C=O) groups excluding carboxylic acids is 2. The zero-order chi connectivity index (χ0) is 23.3. The van der Waals surface area contributed by atoms with E-state index in [9.17, 15) is 19.5 Å². The van der Waals surface area contributed by atoms with Crippen LogP contribution in [0.3, 0.4) is 0 Å². The Kier molecular flexibility index (Phi) is 7.15. The third-order valence-electron chi connectivity index (χ3n) is 6.07.